The second-order valence-electron chi connectivity index (χ2n) is 4.01. The molecule has 1 aliphatic carbocycles. The minimum atomic E-state index is -4.36. The van der Waals surface area contributed by atoms with E-state index in [1.165, 1.54) is 6.20 Å². The molecule has 1 fully saturated rings. The van der Waals surface area contributed by atoms with Crippen LogP contribution in [0.3, 0.4) is 0 Å². The third-order valence-corrected chi connectivity index (χ3v) is 2.91. The van der Waals surface area contributed by atoms with Crippen molar-refractivity contribution < 1.29 is 18.0 Å². The summed E-state index contributed by atoms with van der Waals surface area (Å²) in [6.45, 7) is 0.0990. The van der Waals surface area contributed by atoms with E-state index in [4.69, 9.17) is 5.90 Å². The highest BCUT2D eigenvalue weighted by Gasteiger charge is 2.49. The molecule has 0 saturated heterocycles. The lowest BCUT2D eigenvalue weighted by Crippen LogP contribution is -2.22. The number of hydrogen-bond acceptors (Lipinski definition) is 3. The van der Waals surface area contributed by atoms with E-state index in [2.05, 4.69) is 9.82 Å². The third-order valence-electron chi connectivity index (χ3n) is 2.91. The molecule has 6 heteroatoms. The number of aromatic nitrogens is 1. The van der Waals surface area contributed by atoms with Crippen LogP contribution in [0.5, 0.6) is 0 Å². The minimum absolute atomic E-state index is 0.0990. The maximum atomic E-state index is 12.7. The van der Waals surface area contributed by atoms with Crippen LogP contribution in [0.2, 0.25) is 0 Å². The molecular weight excluding hydrogens is 221 g/mol. The molecule has 0 unspecified atom stereocenters. The van der Waals surface area contributed by atoms with Gasteiger partial charge in [-0.2, -0.15) is 13.2 Å². The maximum Gasteiger partial charge on any atom is 0.416 e. The van der Waals surface area contributed by atoms with Gasteiger partial charge in [-0.15, -0.1) is 0 Å². The summed E-state index contributed by atoms with van der Waals surface area (Å²) in [4.78, 5) is 8.25. The van der Waals surface area contributed by atoms with E-state index in [-0.39, 0.29) is 12.2 Å². The SMILES string of the molecule is NOCC1(c2cnccc2C(F)(F)F)CC1. The molecule has 0 aliphatic heterocycles. The zero-order chi connectivity index (χ0) is 11.8. The van der Waals surface area contributed by atoms with Gasteiger partial charge in [-0.3, -0.25) is 4.98 Å². The van der Waals surface area contributed by atoms with Gasteiger partial charge in [-0.25, -0.2) is 5.90 Å². The summed E-state index contributed by atoms with van der Waals surface area (Å²) in [5, 5.41) is 0. The Hall–Kier alpha value is -1.14. The molecule has 88 valence electrons. The predicted octanol–water partition coefficient (Wildman–Crippen LogP) is 2.02. The van der Waals surface area contributed by atoms with Crippen LogP contribution in [0.25, 0.3) is 0 Å². The van der Waals surface area contributed by atoms with E-state index in [0.717, 1.165) is 12.3 Å². The van der Waals surface area contributed by atoms with Gasteiger partial charge in [0.2, 0.25) is 0 Å². The molecule has 1 aliphatic rings. The van der Waals surface area contributed by atoms with E-state index in [9.17, 15) is 13.2 Å². The number of nitrogens with two attached hydrogens (primary N) is 1. The van der Waals surface area contributed by atoms with Crippen LogP contribution in [0.1, 0.15) is 24.0 Å². The Bertz CT molecular complexity index is 388. The minimum Gasteiger partial charge on any atom is -0.304 e. The van der Waals surface area contributed by atoms with Crippen molar-refractivity contribution in [1.29, 1.82) is 0 Å². The van der Waals surface area contributed by atoms with Crippen molar-refractivity contribution in [2.75, 3.05) is 6.61 Å². The van der Waals surface area contributed by atoms with Gasteiger partial charge in [-0.05, 0) is 24.5 Å². The Morgan fingerprint density at radius 3 is 2.62 bits per heavy atom. The zero-order valence-electron chi connectivity index (χ0n) is 8.42. The number of nitrogens with zero attached hydrogens (tertiary/aromatic N) is 1. The predicted molar refractivity (Wildman–Crippen MR) is 50.3 cm³/mol. The fraction of sp³-hybridized carbons (Fsp3) is 0.500. The van der Waals surface area contributed by atoms with Gasteiger partial charge >= 0.3 is 6.18 Å². The monoisotopic (exact) mass is 232 g/mol. The molecule has 0 aromatic carbocycles. The molecule has 1 aromatic heterocycles. The van der Waals surface area contributed by atoms with Crippen LogP contribution in [-0.2, 0) is 16.4 Å². The van der Waals surface area contributed by atoms with Gasteiger partial charge in [0, 0.05) is 17.8 Å². The third kappa shape index (κ3) is 1.90. The molecule has 0 atom stereocenters. The largest absolute Gasteiger partial charge is 0.416 e. The van der Waals surface area contributed by atoms with Crippen LogP contribution in [0.15, 0.2) is 18.5 Å². The Labute approximate surface area is 90.4 Å². The summed E-state index contributed by atoms with van der Waals surface area (Å²) in [5.74, 6) is 4.95. The van der Waals surface area contributed by atoms with Crippen LogP contribution >= 0.6 is 0 Å². The molecule has 0 amide bonds. The van der Waals surface area contributed by atoms with Crippen molar-refractivity contribution in [3.8, 4) is 0 Å². The molecule has 2 N–H and O–H groups in total. The summed E-state index contributed by atoms with van der Waals surface area (Å²) in [6, 6.07) is 0.992. The van der Waals surface area contributed by atoms with Gasteiger partial charge in [0.15, 0.2) is 0 Å². The first-order valence-corrected chi connectivity index (χ1v) is 4.83. The number of hydrogen-bond donors (Lipinski definition) is 1. The Morgan fingerprint density at radius 1 is 1.44 bits per heavy atom. The maximum absolute atomic E-state index is 12.7. The van der Waals surface area contributed by atoms with Gasteiger partial charge in [0.05, 0.1) is 12.2 Å². The Morgan fingerprint density at radius 2 is 2.12 bits per heavy atom. The Balaban J connectivity index is 2.41. The summed E-state index contributed by atoms with van der Waals surface area (Å²) < 4.78 is 38.2. The first-order chi connectivity index (χ1) is 7.49. The molecule has 1 heterocycles. The standard InChI is InChI=1S/C10H11F3N2O/c11-10(12,13)7-1-4-15-5-8(7)9(2-3-9)6-16-14/h1,4-5H,2-3,6,14H2. The van der Waals surface area contributed by atoms with Gasteiger partial charge in [0.25, 0.3) is 0 Å². The molecule has 1 saturated carbocycles. The number of pyridine rings is 1. The zero-order valence-corrected chi connectivity index (χ0v) is 8.42. The van der Waals surface area contributed by atoms with Crippen molar-refractivity contribution in [2.24, 2.45) is 5.90 Å². The van der Waals surface area contributed by atoms with Crippen molar-refractivity contribution >= 4 is 0 Å². The average Bonchev–Trinajstić information content (AvgIpc) is 2.98. The number of halogens is 3. The van der Waals surface area contributed by atoms with E-state index >= 15 is 0 Å². The molecule has 0 spiro atoms. The second-order valence-corrected chi connectivity index (χ2v) is 4.01. The fourth-order valence-electron chi connectivity index (χ4n) is 1.87. The lowest BCUT2D eigenvalue weighted by Gasteiger charge is -2.19. The number of alkyl halides is 3. The van der Waals surface area contributed by atoms with Crippen LogP contribution in [-0.4, -0.2) is 11.6 Å². The van der Waals surface area contributed by atoms with E-state index < -0.39 is 17.2 Å². The topological polar surface area (TPSA) is 48.1 Å². The second kappa shape index (κ2) is 3.71. The molecule has 3 nitrogen and oxygen atoms in total. The Kier molecular flexibility index (Phi) is 2.63. The summed E-state index contributed by atoms with van der Waals surface area (Å²) in [6.07, 6.45) is -0.652. The van der Waals surface area contributed by atoms with E-state index in [0.29, 0.717) is 12.8 Å². The molecule has 16 heavy (non-hydrogen) atoms. The van der Waals surface area contributed by atoms with Gasteiger partial charge in [0.1, 0.15) is 0 Å². The summed E-state index contributed by atoms with van der Waals surface area (Å²) >= 11 is 0. The smallest absolute Gasteiger partial charge is 0.304 e. The first kappa shape index (κ1) is 11.3. The van der Waals surface area contributed by atoms with E-state index in [1.807, 2.05) is 0 Å². The van der Waals surface area contributed by atoms with Gasteiger partial charge in [-0.1, -0.05) is 0 Å². The fourth-order valence-corrected chi connectivity index (χ4v) is 1.87. The van der Waals surface area contributed by atoms with Gasteiger partial charge < -0.3 is 4.84 Å². The van der Waals surface area contributed by atoms with Crippen molar-refractivity contribution in [3.63, 3.8) is 0 Å². The lowest BCUT2D eigenvalue weighted by molar-refractivity contribution is -0.138. The molecule has 0 bridgehead atoms. The number of rotatable bonds is 3. The van der Waals surface area contributed by atoms with Crippen LogP contribution in [0, 0.1) is 0 Å². The van der Waals surface area contributed by atoms with Crippen molar-refractivity contribution in [3.05, 3.63) is 29.6 Å². The first-order valence-electron chi connectivity index (χ1n) is 4.83. The van der Waals surface area contributed by atoms with Crippen LogP contribution < -0.4 is 5.90 Å². The normalized spacial score (nSPS) is 18.5. The summed E-state index contributed by atoms with van der Waals surface area (Å²) in [7, 11) is 0. The van der Waals surface area contributed by atoms with E-state index in [1.54, 1.807) is 0 Å². The summed E-state index contributed by atoms with van der Waals surface area (Å²) in [5.41, 5.74) is -1.04. The van der Waals surface area contributed by atoms with Crippen molar-refractivity contribution in [1.82, 2.24) is 4.98 Å². The molecular formula is C10H11F3N2O. The molecule has 0 radical (unpaired) electrons. The lowest BCUT2D eigenvalue weighted by atomic mass is 9.94. The average molecular weight is 232 g/mol. The highest BCUT2D eigenvalue weighted by molar-refractivity contribution is 5.38. The molecule has 2 rings (SSSR count). The van der Waals surface area contributed by atoms with Crippen molar-refractivity contribution in [2.45, 2.75) is 24.4 Å². The quantitative estimate of drug-likeness (QED) is 0.811. The van der Waals surface area contributed by atoms with Crippen LogP contribution in [0.4, 0.5) is 13.2 Å². The highest BCUT2D eigenvalue weighted by Crippen LogP contribution is 2.51. The molecule has 1 aromatic rings. The highest BCUT2D eigenvalue weighted by atomic mass is 19.4.